The van der Waals surface area contributed by atoms with Crippen molar-refractivity contribution in [2.45, 2.75) is 51.0 Å². The van der Waals surface area contributed by atoms with Crippen LogP contribution in [0.5, 0.6) is 0 Å². The van der Waals surface area contributed by atoms with Gasteiger partial charge in [-0.3, -0.25) is 4.99 Å². The summed E-state index contributed by atoms with van der Waals surface area (Å²) in [5.41, 5.74) is 0.960. The average molecular weight is 511 g/mol. The molecule has 0 unspecified atom stereocenters. The first-order valence-corrected chi connectivity index (χ1v) is 10.9. The first-order valence-electron chi connectivity index (χ1n) is 10.9. The molecule has 5 nitrogen and oxygen atoms in total. The van der Waals surface area contributed by atoms with Crippen molar-refractivity contribution in [3.05, 3.63) is 36.1 Å². The lowest BCUT2D eigenvalue weighted by Crippen LogP contribution is -2.47. The van der Waals surface area contributed by atoms with E-state index in [-0.39, 0.29) is 24.0 Å². The minimum Gasteiger partial charge on any atom is -0.461 e. The van der Waals surface area contributed by atoms with E-state index in [4.69, 9.17) is 9.15 Å². The molecule has 0 atom stereocenters. The van der Waals surface area contributed by atoms with Crippen molar-refractivity contribution >= 4 is 40.9 Å². The molecule has 0 bridgehead atoms. The van der Waals surface area contributed by atoms with Crippen LogP contribution >= 0.6 is 24.0 Å². The number of nitrogens with zero attached hydrogens (tertiary/aromatic N) is 2. The molecule has 1 saturated carbocycles. The van der Waals surface area contributed by atoms with Crippen molar-refractivity contribution in [2.75, 3.05) is 33.3 Å². The van der Waals surface area contributed by atoms with Crippen LogP contribution in [0.25, 0.3) is 11.0 Å². The van der Waals surface area contributed by atoms with Crippen LogP contribution < -0.4 is 5.32 Å². The molecule has 1 N–H and O–H groups in total. The summed E-state index contributed by atoms with van der Waals surface area (Å²) in [4.78, 5) is 6.83. The molecule has 1 saturated heterocycles. The highest BCUT2D eigenvalue weighted by atomic mass is 127. The van der Waals surface area contributed by atoms with Crippen molar-refractivity contribution in [1.29, 1.82) is 0 Å². The normalized spacial score (nSPS) is 18.9. The first kappa shape index (κ1) is 22.4. The standard InChI is InChI=1S/C23H33N3O2.HI/c1-24-23(25-13-10-21-16-19-8-4-5-9-22(19)28-21)26-14-11-20(12-15-26)27-17-18-6-2-3-7-18;/h4-5,8-9,16,18,20H,2-3,6-7,10-15,17H2,1H3,(H,24,25);1H. The lowest BCUT2D eigenvalue weighted by molar-refractivity contribution is 0.00103. The van der Waals surface area contributed by atoms with Gasteiger partial charge in [0, 0.05) is 45.1 Å². The van der Waals surface area contributed by atoms with Crippen LogP contribution in [0.15, 0.2) is 39.7 Å². The number of likely N-dealkylation sites (tertiary alicyclic amines) is 1. The van der Waals surface area contributed by atoms with E-state index in [9.17, 15) is 0 Å². The molecular formula is C23H34IN3O2. The molecule has 1 aromatic carbocycles. The minimum absolute atomic E-state index is 0. The van der Waals surface area contributed by atoms with E-state index in [2.05, 4.69) is 27.3 Å². The number of rotatable bonds is 6. The summed E-state index contributed by atoms with van der Waals surface area (Å²) in [7, 11) is 1.87. The van der Waals surface area contributed by atoms with Gasteiger partial charge in [-0.25, -0.2) is 0 Å². The summed E-state index contributed by atoms with van der Waals surface area (Å²) in [5.74, 6) is 2.82. The molecule has 1 aliphatic heterocycles. The van der Waals surface area contributed by atoms with Gasteiger partial charge in [0.25, 0.3) is 0 Å². The smallest absolute Gasteiger partial charge is 0.193 e. The van der Waals surface area contributed by atoms with Crippen LogP contribution in [0.2, 0.25) is 0 Å². The SMILES string of the molecule is CN=C(NCCc1cc2ccccc2o1)N1CCC(OCC2CCCC2)CC1.I. The molecule has 160 valence electrons. The van der Waals surface area contributed by atoms with Gasteiger partial charge in [0.05, 0.1) is 6.10 Å². The summed E-state index contributed by atoms with van der Waals surface area (Å²) in [6.07, 6.45) is 8.97. The number of ether oxygens (including phenoxy) is 1. The van der Waals surface area contributed by atoms with Crippen molar-refractivity contribution in [1.82, 2.24) is 10.2 Å². The Morgan fingerprint density at radius 1 is 1.17 bits per heavy atom. The van der Waals surface area contributed by atoms with Gasteiger partial charge in [0.15, 0.2) is 5.96 Å². The molecule has 2 heterocycles. The molecule has 0 radical (unpaired) electrons. The molecule has 6 heteroatoms. The van der Waals surface area contributed by atoms with Gasteiger partial charge >= 0.3 is 0 Å². The maximum absolute atomic E-state index is 6.20. The van der Waals surface area contributed by atoms with Crippen LogP contribution in [0, 0.1) is 5.92 Å². The molecule has 1 aliphatic carbocycles. The summed E-state index contributed by atoms with van der Waals surface area (Å²) in [6, 6.07) is 10.3. The van der Waals surface area contributed by atoms with Gasteiger partial charge < -0.3 is 19.4 Å². The Morgan fingerprint density at radius 2 is 1.93 bits per heavy atom. The molecule has 2 aromatic rings. The van der Waals surface area contributed by atoms with Crippen molar-refractivity contribution in [3.63, 3.8) is 0 Å². The average Bonchev–Trinajstić information content (AvgIpc) is 3.39. The fraction of sp³-hybridized carbons (Fsp3) is 0.609. The Balaban J connectivity index is 0.00000240. The molecule has 2 fully saturated rings. The summed E-state index contributed by atoms with van der Waals surface area (Å²) >= 11 is 0. The molecular weight excluding hydrogens is 477 g/mol. The van der Waals surface area contributed by atoms with Crippen molar-refractivity contribution < 1.29 is 9.15 Å². The highest BCUT2D eigenvalue weighted by molar-refractivity contribution is 14.0. The van der Waals surface area contributed by atoms with Crippen LogP contribution in [0.4, 0.5) is 0 Å². The van der Waals surface area contributed by atoms with Crippen molar-refractivity contribution in [2.24, 2.45) is 10.9 Å². The summed E-state index contributed by atoms with van der Waals surface area (Å²) in [5, 5.41) is 4.67. The van der Waals surface area contributed by atoms with Crippen LogP contribution in [-0.2, 0) is 11.2 Å². The Hall–Kier alpha value is -1.28. The second-order valence-electron chi connectivity index (χ2n) is 8.14. The lowest BCUT2D eigenvalue weighted by Gasteiger charge is -2.34. The monoisotopic (exact) mass is 511 g/mol. The molecule has 2 aliphatic rings. The number of hydrogen-bond donors (Lipinski definition) is 1. The number of nitrogens with one attached hydrogen (secondary N) is 1. The lowest BCUT2D eigenvalue weighted by atomic mass is 10.1. The summed E-state index contributed by atoms with van der Waals surface area (Å²) < 4.78 is 12.1. The fourth-order valence-corrected chi connectivity index (χ4v) is 4.47. The molecule has 0 spiro atoms. The first-order chi connectivity index (χ1) is 13.8. The Kier molecular flexibility index (Phi) is 8.66. The zero-order valence-electron chi connectivity index (χ0n) is 17.4. The second kappa shape index (κ2) is 11.2. The van der Waals surface area contributed by atoms with E-state index < -0.39 is 0 Å². The number of furan rings is 1. The third kappa shape index (κ3) is 6.10. The number of benzene rings is 1. The number of piperidine rings is 1. The molecule has 29 heavy (non-hydrogen) atoms. The maximum Gasteiger partial charge on any atom is 0.193 e. The zero-order chi connectivity index (χ0) is 19.2. The van der Waals surface area contributed by atoms with Crippen molar-refractivity contribution in [3.8, 4) is 0 Å². The number of aliphatic imine (C=N–C) groups is 1. The van der Waals surface area contributed by atoms with E-state index >= 15 is 0 Å². The van der Waals surface area contributed by atoms with Gasteiger partial charge in [-0.1, -0.05) is 31.0 Å². The third-order valence-corrected chi connectivity index (χ3v) is 6.13. The quantitative estimate of drug-likeness (QED) is 0.343. The Labute approximate surface area is 191 Å². The predicted octanol–water partition coefficient (Wildman–Crippen LogP) is 4.84. The largest absolute Gasteiger partial charge is 0.461 e. The zero-order valence-corrected chi connectivity index (χ0v) is 19.8. The van der Waals surface area contributed by atoms with Crippen LogP contribution in [0.1, 0.15) is 44.3 Å². The molecule has 0 amide bonds. The molecule has 1 aromatic heterocycles. The minimum atomic E-state index is 0. The van der Waals surface area contributed by atoms with Gasteiger partial charge in [-0.2, -0.15) is 0 Å². The number of guanidine groups is 1. The van der Waals surface area contributed by atoms with Crippen LogP contribution in [-0.4, -0.2) is 50.3 Å². The summed E-state index contributed by atoms with van der Waals surface area (Å²) in [6.45, 7) is 3.82. The highest BCUT2D eigenvalue weighted by Crippen LogP contribution is 2.26. The van der Waals surface area contributed by atoms with E-state index in [1.54, 1.807) is 0 Å². The van der Waals surface area contributed by atoms with Gasteiger partial charge in [0.2, 0.25) is 0 Å². The number of para-hydroxylation sites is 1. The highest BCUT2D eigenvalue weighted by Gasteiger charge is 2.23. The van der Waals surface area contributed by atoms with Gasteiger partial charge in [-0.05, 0) is 43.7 Å². The topological polar surface area (TPSA) is 50.0 Å². The predicted molar refractivity (Wildman–Crippen MR) is 129 cm³/mol. The van der Waals surface area contributed by atoms with E-state index in [1.807, 2.05) is 25.2 Å². The Bertz CT molecular complexity index is 744. The third-order valence-electron chi connectivity index (χ3n) is 6.13. The second-order valence-corrected chi connectivity index (χ2v) is 8.14. The van der Waals surface area contributed by atoms with Crippen LogP contribution in [0.3, 0.4) is 0 Å². The molecule has 4 rings (SSSR count). The number of fused-ring (bicyclic) bond motifs is 1. The van der Waals surface area contributed by atoms with E-state index in [1.165, 1.54) is 31.1 Å². The Morgan fingerprint density at radius 3 is 2.66 bits per heavy atom. The van der Waals surface area contributed by atoms with Gasteiger partial charge in [-0.15, -0.1) is 24.0 Å². The van der Waals surface area contributed by atoms with Gasteiger partial charge in [0.1, 0.15) is 11.3 Å². The maximum atomic E-state index is 6.20. The van der Waals surface area contributed by atoms with E-state index in [0.29, 0.717) is 6.10 Å². The number of halogens is 1. The number of hydrogen-bond acceptors (Lipinski definition) is 3. The fourth-order valence-electron chi connectivity index (χ4n) is 4.47. The van der Waals surface area contributed by atoms with E-state index in [0.717, 1.165) is 68.7 Å².